The van der Waals surface area contributed by atoms with E-state index in [-0.39, 0.29) is 5.38 Å². The molecule has 0 heterocycles. The largest absolute Gasteiger partial charge is 0.122 e. The van der Waals surface area contributed by atoms with Crippen LogP contribution in [0, 0.1) is 0 Å². The molecule has 2 atom stereocenters. The predicted molar refractivity (Wildman–Crippen MR) is 69.0 cm³/mol. The van der Waals surface area contributed by atoms with E-state index in [0.29, 0.717) is 5.92 Å². The quantitative estimate of drug-likeness (QED) is 0.622. The van der Waals surface area contributed by atoms with E-state index in [4.69, 9.17) is 23.2 Å². The lowest BCUT2D eigenvalue weighted by Gasteiger charge is -2.20. The van der Waals surface area contributed by atoms with Gasteiger partial charge in [0.15, 0.2) is 0 Å². The van der Waals surface area contributed by atoms with Crippen molar-refractivity contribution in [2.75, 3.05) is 0 Å². The van der Waals surface area contributed by atoms with Gasteiger partial charge in [-0.1, -0.05) is 44.0 Å². The Morgan fingerprint density at radius 3 is 2.20 bits per heavy atom. The number of alkyl halides is 1. The third-order valence-electron chi connectivity index (χ3n) is 2.74. The number of benzene rings is 1. The Morgan fingerprint density at radius 1 is 1.13 bits per heavy atom. The van der Waals surface area contributed by atoms with Gasteiger partial charge < -0.3 is 0 Å². The fourth-order valence-electron chi connectivity index (χ4n) is 1.89. The highest BCUT2D eigenvalue weighted by Crippen LogP contribution is 2.30. The molecule has 15 heavy (non-hydrogen) atoms. The van der Waals surface area contributed by atoms with Crippen LogP contribution >= 0.6 is 23.2 Å². The Balaban J connectivity index is 2.77. The summed E-state index contributed by atoms with van der Waals surface area (Å²) in [6.45, 7) is 4.36. The molecule has 0 N–H and O–H groups in total. The molecule has 0 aliphatic heterocycles. The van der Waals surface area contributed by atoms with Gasteiger partial charge in [0.05, 0.1) is 0 Å². The Hall–Kier alpha value is -0.200. The lowest BCUT2D eigenvalue weighted by molar-refractivity contribution is 0.578. The third kappa shape index (κ3) is 3.70. The molecular weight excluding hydrogens is 227 g/mol. The Labute approximate surface area is 103 Å². The van der Waals surface area contributed by atoms with Crippen molar-refractivity contribution in [2.45, 2.75) is 44.4 Å². The zero-order chi connectivity index (χ0) is 11.3. The van der Waals surface area contributed by atoms with Crippen molar-refractivity contribution in [3.05, 3.63) is 34.9 Å². The summed E-state index contributed by atoms with van der Waals surface area (Å²) in [5.74, 6) is 0.448. The van der Waals surface area contributed by atoms with E-state index in [2.05, 4.69) is 26.0 Å². The van der Waals surface area contributed by atoms with Gasteiger partial charge in [0.2, 0.25) is 0 Å². The van der Waals surface area contributed by atoms with Gasteiger partial charge in [-0.2, -0.15) is 0 Å². The zero-order valence-electron chi connectivity index (χ0n) is 9.34. The van der Waals surface area contributed by atoms with E-state index >= 15 is 0 Å². The predicted octanol–water partition coefficient (Wildman–Crippen LogP) is 5.24. The van der Waals surface area contributed by atoms with Crippen LogP contribution in [0.4, 0.5) is 0 Å². The van der Waals surface area contributed by atoms with E-state index in [1.54, 1.807) is 0 Å². The smallest absolute Gasteiger partial charge is 0.0406 e. The van der Waals surface area contributed by atoms with Crippen LogP contribution in [0.3, 0.4) is 0 Å². The Kier molecular flexibility index (Phi) is 5.49. The van der Waals surface area contributed by atoms with Crippen molar-refractivity contribution < 1.29 is 0 Å². The van der Waals surface area contributed by atoms with Crippen LogP contribution in [0.5, 0.6) is 0 Å². The summed E-state index contributed by atoms with van der Waals surface area (Å²) in [7, 11) is 0. The minimum Gasteiger partial charge on any atom is -0.122 e. The minimum atomic E-state index is 0.237. The van der Waals surface area contributed by atoms with E-state index in [0.717, 1.165) is 24.3 Å². The number of hydrogen-bond acceptors (Lipinski definition) is 0. The summed E-state index contributed by atoms with van der Waals surface area (Å²) in [5, 5.41) is 1.02. The molecule has 84 valence electrons. The molecule has 0 aliphatic rings. The van der Waals surface area contributed by atoms with Crippen LogP contribution in [0.1, 0.15) is 44.6 Å². The molecule has 0 saturated heterocycles. The summed E-state index contributed by atoms with van der Waals surface area (Å²) in [4.78, 5) is 0. The van der Waals surface area contributed by atoms with Crippen LogP contribution < -0.4 is 0 Å². The maximum atomic E-state index is 6.39. The third-order valence-corrected chi connectivity index (χ3v) is 3.51. The van der Waals surface area contributed by atoms with Crippen molar-refractivity contribution in [1.82, 2.24) is 0 Å². The molecule has 0 radical (unpaired) electrons. The first-order valence-electron chi connectivity index (χ1n) is 5.58. The Bertz CT molecular complexity index is 279. The van der Waals surface area contributed by atoms with E-state index in [9.17, 15) is 0 Å². The molecule has 0 bridgehead atoms. The van der Waals surface area contributed by atoms with E-state index in [1.165, 1.54) is 5.56 Å². The average molecular weight is 245 g/mol. The molecule has 0 spiro atoms. The van der Waals surface area contributed by atoms with Crippen LogP contribution in [-0.2, 0) is 0 Å². The average Bonchev–Trinajstić information content (AvgIpc) is 2.22. The van der Waals surface area contributed by atoms with Crippen LogP contribution in [0.2, 0.25) is 5.02 Å². The molecule has 1 aromatic rings. The Morgan fingerprint density at radius 2 is 1.73 bits per heavy atom. The first-order chi connectivity index (χ1) is 7.19. The highest BCUT2D eigenvalue weighted by atomic mass is 35.5. The van der Waals surface area contributed by atoms with E-state index in [1.807, 2.05) is 12.1 Å². The number of hydrogen-bond donors (Lipinski definition) is 0. The molecule has 0 nitrogen and oxygen atoms in total. The summed E-state index contributed by atoms with van der Waals surface area (Å²) in [6.07, 6.45) is 3.29. The maximum absolute atomic E-state index is 6.39. The van der Waals surface area contributed by atoms with Crippen molar-refractivity contribution >= 4 is 23.2 Å². The summed E-state index contributed by atoms with van der Waals surface area (Å²) in [6, 6.07) is 8.05. The second-order valence-corrected chi connectivity index (χ2v) is 4.87. The molecule has 2 unspecified atom stereocenters. The second-order valence-electron chi connectivity index (χ2n) is 3.87. The van der Waals surface area contributed by atoms with Gasteiger partial charge in [0, 0.05) is 10.4 Å². The van der Waals surface area contributed by atoms with Gasteiger partial charge in [-0.3, -0.25) is 0 Å². The molecule has 0 fully saturated rings. The fraction of sp³-hybridized carbons (Fsp3) is 0.538. The molecule has 0 saturated carbocycles. The molecule has 1 aromatic carbocycles. The van der Waals surface area contributed by atoms with Crippen LogP contribution in [0.15, 0.2) is 24.3 Å². The lowest BCUT2D eigenvalue weighted by Crippen LogP contribution is -2.11. The van der Waals surface area contributed by atoms with Gasteiger partial charge >= 0.3 is 0 Å². The first kappa shape index (κ1) is 12.9. The lowest BCUT2D eigenvalue weighted by atomic mass is 9.91. The highest BCUT2D eigenvalue weighted by molar-refractivity contribution is 6.30. The van der Waals surface area contributed by atoms with E-state index < -0.39 is 0 Å². The topological polar surface area (TPSA) is 0 Å². The van der Waals surface area contributed by atoms with Crippen molar-refractivity contribution in [3.8, 4) is 0 Å². The van der Waals surface area contributed by atoms with Gasteiger partial charge in [0.1, 0.15) is 0 Å². The summed E-state index contributed by atoms with van der Waals surface area (Å²) >= 11 is 12.3. The summed E-state index contributed by atoms with van der Waals surface area (Å²) in [5.41, 5.74) is 1.30. The fourth-order valence-corrected chi connectivity index (χ4v) is 2.56. The number of rotatable bonds is 5. The van der Waals surface area contributed by atoms with Gasteiger partial charge in [0.25, 0.3) is 0 Å². The standard InChI is InChI=1S/C13H18Cl2/c1-3-5-13(15)12(4-2)10-6-8-11(14)9-7-10/h6-9,12-13H,3-5H2,1-2H3. The monoisotopic (exact) mass is 244 g/mol. The molecular formula is C13H18Cl2. The normalized spacial score (nSPS) is 14.9. The first-order valence-corrected chi connectivity index (χ1v) is 6.40. The van der Waals surface area contributed by atoms with Crippen molar-refractivity contribution in [1.29, 1.82) is 0 Å². The SMILES string of the molecule is CCCC(Cl)C(CC)c1ccc(Cl)cc1. The summed E-state index contributed by atoms with van der Waals surface area (Å²) < 4.78 is 0. The van der Waals surface area contributed by atoms with Crippen molar-refractivity contribution in [3.63, 3.8) is 0 Å². The second kappa shape index (κ2) is 6.40. The van der Waals surface area contributed by atoms with Crippen LogP contribution in [-0.4, -0.2) is 5.38 Å². The highest BCUT2D eigenvalue weighted by Gasteiger charge is 2.18. The molecule has 1 rings (SSSR count). The van der Waals surface area contributed by atoms with Gasteiger partial charge in [-0.15, -0.1) is 11.6 Å². The molecule has 0 aliphatic carbocycles. The molecule has 0 aromatic heterocycles. The molecule has 2 heteroatoms. The van der Waals surface area contributed by atoms with Gasteiger partial charge in [-0.05, 0) is 36.5 Å². The van der Waals surface area contributed by atoms with Gasteiger partial charge in [-0.25, -0.2) is 0 Å². The molecule has 0 amide bonds. The van der Waals surface area contributed by atoms with Crippen LogP contribution in [0.25, 0.3) is 0 Å². The minimum absolute atomic E-state index is 0.237. The maximum Gasteiger partial charge on any atom is 0.0406 e. The zero-order valence-corrected chi connectivity index (χ0v) is 10.9. The number of halogens is 2. The van der Waals surface area contributed by atoms with Crippen molar-refractivity contribution in [2.24, 2.45) is 0 Å².